The third-order valence-electron chi connectivity index (χ3n) is 2.66. The number of nitrogens with two attached hydrogens (primary N) is 1. The lowest BCUT2D eigenvalue weighted by molar-refractivity contribution is 0.0334. The highest BCUT2D eigenvalue weighted by molar-refractivity contribution is 4.76. The second-order valence-electron chi connectivity index (χ2n) is 5.55. The van der Waals surface area contributed by atoms with Gasteiger partial charge in [0.2, 0.25) is 0 Å². The van der Waals surface area contributed by atoms with Crippen molar-refractivity contribution in [2.45, 2.75) is 72.4 Å². The molecule has 0 amide bonds. The van der Waals surface area contributed by atoms with E-state index >= 15 is 0 Å². The molecule has 92 valence electrons. The Morgan fingerprint density at radius 3 is 2.13 bits per heavy atom. The monoisotopic (exact) mass is 215 g/mol. The van der Waals surface area contributed by atoms with Crippen LogP contribution in [0.5, 0.6) is 0 Å². The molecule has 0 aliphatic heterocycles. The zero-order chi connectivity index (χ0) is 11.9. The van der Waals surface area contributed by atoms with E-state index in [4.69, 9.17) is 10.5 Å². The Morgan fingerprint density at radius 1 is 1.13 bits per heavy atom. The standard InChI is InChI=1S/C13H29NO/c1-6-8-12(15-7-2)11(14)9-10-13(3,4)5/h11-12H,6-10,14H2,1-5H3. The Hall–Kier alpha value is -0.0800. The summed E-state index contributed by atoms with van der Waals surface area (Å²) in [6.07, 6.45) is 4.71. The largest absolute Gasteiger partial charge is 0.377 e. The molecular weight excluding hydrogens is 186 g/mol. The van der Waals surface area contributed by atoms with E-state index in [1.54, 1.807) is 0 Å². The van der Waals surface area contributed by atoms with Crippen LogP contribution < -0.4 is 5.73 Å². The van der Waals surface area contributed by atoms with E-state index in [9.17, 15) is 0 Å². The molecule has 0 aromatic carbocycles. The summed E-state index contributed by atoms with van der Waals surface area (Å²) in [4.78, 5) is 0. The van der Waals surface area contributed by atoms with Gasteiger partial charge in [0.1, 0.15) is 0 Å². The van der Waals surface area contributed by atoms with Gasteiger partial charge in [0.15, 0.2) is 0 Å². The van der Waals surface area contributed by atoms with E-state index in [-0.39, 0.29) is 12.1 Å². The van der Waals surface area contributed by atoms with Gasteiger partial charge in [-0.15, -0.1) is 0 Å². The first-order valence-corrected chi connectivity index (χ1v) is 6.28. The smallest absolute Gasteiger partial charge is 0.0725 e. The quantitative estimate of drug-likeness (QED) is 0.707. The molecule has 0 spiro atoms. The van der Waals surface area contributed by atoms with Crippen molar-refractivity contribution < 1.29 is 4.74 Å². The summed E-state index contributed by atoms with van der Waals surface area (Å²) in [6.45, 7) is 11.8. The van der Waals surface area contributed by atoms with Gasteiger partial charge in [-0.1, -0.05) is 34.1 Å². The summed E-state index contributed by atoms with van der Waals surface area (Å²) < 4.78 is 5.68. The van der Waals surface area contributed by atoms with E-state index in [0.717, 1.165) is 25.9 Å². The lowest BCUT2D eigenvalue weighted by Crippen LogP contribution is -2.37. The van der Waals surface area contributed by atoms with Crippen LogP contribution in [-0.2, 0) is 4.74 Å². The van der Waals surface area contributed by atoms with Gasteiger partial charge in [0.05, 0.1) is 6.10 Å². The molecule has 2 unspecified atom stereocenters. The van der Waals surface area contributed by atoms with E-state index in [2.05, 4.69) is 27.7 Å². The molecule has 0 aromatic rings. The number of ether oxygens (including phenoxy) is 1. The maximum Gasteiger partial charge on any atom is 0.0725 e. The van der Waals surface area contributed by atoms with Crippen LogP contribution in [0.1, 0.15) is 60.3 Å². The zero-order valence-corrected chi connectivity index (χ0v) is 11.2. The average Bonchev–Trinajstić information content (AvgIpc) is 2.13. The predicted molar refractivity (Wildman–Crippen MR) is 67.0 cm³/mol. The third-order valence-corrected chi connectivity index (χ3v) is 2.66. The Balaban J connectivity index is 3.96. The predicted octanol–water partition coefficient (Wildman–Crippen LogP) is 3.35. The molecule has 2 nitrogen and oxygen atoms in total. The first-order valence-electron chi connectivity index (χ1n) is 6.28. The van der Waals surface area contributed by atoms with Crippen LogP contribution in [-0.4, -0.2) is 18.8 Å². The minimum atomic E-state index is 0.198. The van der Waals surface area contributed by atoms with Crippen molar-refractivity contribution in [1.82, 2.24) is 0 Å². The van der Waals surface area contributed by atoms with E-state index in [0.29, 0.717) is 5.41 Å². The van der Waals surface area contributed by atoms with Gasteiger partial charge < -0.3 is 10.5 Å². The molecule has 15 heavy (non-hydrogen) atoms. The van der Waals surface area contributed by atoms with Gasteiger partial charge >= 0.3 is 0 Å². The summed E-state index contributed by atoms with van der Waals surface area (Å²) in [7, 11) is 0. The van der Waals surface area contributed by atoms with Crippen LogP contribution in [0, 0.1) is 5.41 Å². The fourth-order valence-electron chi connectivity index (χ4n) is 1.71. The van der Waals surface area contributed by atoms with Crippen molar-refractivity contribution in [3.05, 3.63) is 0 Å². The molecule has 0 aliphatic rings. The molecule has 2 atom stereocenters. The van der Waals surface area contributed by atoms with E-state index in [1.807, 2.05) is 6.92 Å². The minimum absolute atomic E-state index is 0.198. The highest BCUT2D eigenvalue weighted by Crippen LogP contribution is 2.23. The Labute approximate surface area is 95.6 Å². The zero-order valence-electron chi connectivity index (χ0n) is 11.2. The number of rotatable bonds is 7. The summed E-state index contributed by atoms with van der Waals surface area (Å²) >= 11 is 0. The molecule has 0 heterocycles. The minimum Gasteiger partial charge on any atom is -0.377 e. The van der Waals surface area contributed by atoms with Gasteiger partial charge in [0, 0.05) is 12.6 Å². The van der Waals surface area contributed by atoms with Crippen LogP contribution >= 0.6 is 0 Å². The van der Waals surface area contributed by atoms with Crippen molar-refractivity contribution in [3.63, 3.8) is 0 Å². The molecule has 2 heteroatoms. The number of hydrogen-bond acceptors (Lipinski definition) is 2. The van der Waals surface area contributed by atoms with Crippen LogP contribution in [0.2, 0.25) is 0 Å². The fraction of sp³-hybridized carbons (Fsp3) is 1.00. The Kier molecular flexibility index (Phi) is 7.20. The molecule has 0 saturated carbocycles. The van der Waals surface area contributed by atoms with Gasteiger partial charge in [0.25, 0.3) is 0 Å². The van der Waals surface area contributed by atoms with Gasteiger partial charge in [-0.25, -0.2) is 0 Å². The first kappa shape index (κ1) is 14.9. The Morgan fingerprint density at radius 2 is 1.73 bits per heavy atom. The summed E-state index contributed by atoms with van der Waals surface area (Å²) in [5.74, 6) is 0. The van der Waals surface area contributed by atoms with E-state index in [1.165, 1.54) is 6.42 Å². The average molecular weight is 215 g/mol. The first-order chi connectivity index (χ1) is 6.90. The normalized spacial score (nSPS) is 16.4. The van der Waals surface area contributed by atoms with Crippen LogP contribution in [0.3, 0.4) is 0 Å². The summed E-state index contributed by atoms with van der Waals surface area (Å²) in [5, 5.41) is 0. The molecular formula is C13H29NO. The molecule has 0 fully saturated rings. The summed E-state index contributed by atoms with van der Waals surface area (Å²) in [5.41, 5.74) is 6.55. The molecule has 0 aliphatic carbocycles. The lowest BCUT2D eigenvalue weighted by atomic mass is 9.87. The molecule has 0 saturated heterocycles. The van der Waals surface area contributed by atoms with Gasteiger partial charge in [-0.3, -0.25) is 0 Å². The maximum atomic E-state index is 6.17. The van der Waals surface area contributed by atoms with Gasteiger partial charge in [-0.2, -0.15) is 0 Å². The van der Waals surface area contributed by atoms with Crippen LogP contribution in [0.25, 0.3) is 0 Å². The summed E-state index contributed by atoms with van der Waals surface area (Å²) in [6, 6.07) is 0.198. The highest BCUT2D eigenvalue weighted by Gasteiger charge is 2.19. The molecule has 0 radical (unpaired) electrons. The van der Waals surface area contributed by atoms with Gasteiger partial charge in [-0.05, 0) is 31.6 Å². The Bertz CT molecular complexity index is 145. The van der Waals surface area contributed by atoms with Crippen molar-refractivity contribution in [2.75, 3.05) is 6.61 Å². The van der Waals surface area contributed by atoms with E-state index < -0.39 is 0 Å². The van der Waals surface area contributed by atoms with Crippen LogP contribution in [0.15, 0.2) is 0 Å². The van der Waals surface area contributed by atoms with Crippen molar-refractivity contribution in [1.29, 1.82) is 0 Å². The molecule has 0 rings (SSSR count). The van der Waals surface area contributed by atoms with Crippen molar-refractivity contribution >= 4 is 0 Å². The maximum absolute atomic E-state index is 6.17. The molecule has 2 N–H and O–H groups in total. The topological polar surface area (TPSA) is 35.2 Å². The highest BCUT2D eigenvalue weighted by atomic mass is 16.5. The number of hydrogen-bond donors (Lipinski definition) is 1. The second-order valence-corrected chi connectivity index (χ2v) is 5.55. The third kappa shape index (κ3) is 7.80. The lowest BCUT2D eigenvalue weighted by Gasteiger charge is -2.26. The fourth-order valence-corrected chi connectivity index (χ4v) is 1.71. The van der Waals surface area contributed by atoms with Crippen molar-refractivity contribution in [2.24, 2.45) is 11.1 Å². The van der Waals surface area contributed by atoms with Crippen LogP contribution in [0.4, 0.5) is 0 Å². The second kappa shape index (κ2) is 7.24. The molecule has 0 aromatic heterocycles. The molecule has 0 bridgehead atoms. The SMILES string of the molecule is CCCC(OCC)C(N)CCC(C)(C)C. The van der Waals surface area contributed by atoms with Crippen molar-refractivity contribution in [3.8, 4) is 0 Å².